The summed E-state index contributed by atoms with van der Waals surface area (Å²) in [7, 11) is 0. The first-order valence-electron chi connectivity index (χ1n) is 12.5. The molecule has 188 valence electrons. The number of ether oxygens (including phenoxy) is 1. The zero-order chi connectivity index (χ0) is 25.0. The van der Waals surface area contributed by atoms with Crippen LogP contribution in [0.1, 0.15) is 38.1 Å². The van der Waals surface area contributed by atoms with Crippen molar-refractivity contribution in [1.29, 1.82) is 0 Å². The third-order valence-corrected chi connectivity index (χ3v) is 7.03. The van der Waals surface area contributed by atoms with Crippen molar-refractivity contribution < 1.29 is 14.9 Å². The van der Waals surface area contributed by atoms with Crippen molar-refractivity contribution in [2.75, 3.05) is 25.4 Å². The number of para-hydroxylation sites is 1. The van der Waals surface area contributed by atoms with Crippen molar-refractivity contribution in [3.05, 3.63) is 67.1 Å². The summed E-state index contributed by atoms with van der Waals surface area (Å²) in [6, 6.07) is 17.9. The van der Waals surface area contributed by atoms with Crippen molar-refractivity contribution in [3.8, 4) is 22.6 Å². The first-order chi connectivity index (χ1) is 17.6. The number of hydrogen-bond donors (Lipinski definition) is 4. The number of aromatic nitrogens is 3. The second-order valence-electron chi connectivity index (χ2n) is 9.56. The fraction of sp³-hybridized carbons (Fsp3) is 0.357. The summed E-state index contributed by atoms with van der Waals surface area (Å²) in [5.74, 6) is 2.01. The van der Waals surface area contributed by atoms with Crippen LogP contribution < -0.4 is 15.8 Å². The molecule has 0 unspecified atom stereocenters. The lowest BCUT2D eigenvalue weighted by Crippen LogP contribution is -2.44. The predicted molar refractivity (Wildman–Crippen MR) is 141 cm³/mol. The number of anilines is 1. The molecule has 0 amide bonds. The highest BCUT2D eigenvalue weighted by Gasteiger charge is 2.34. The molecule has 8 heteroatoms. The van der Waals surface area contributed by atoms with Gasteiger partial charge in [0.15, 0.2) is 0 Å². The minimum Gasteiger partial charge on any atom is -0.457 e. The van der Waals surface area contributed by atoms with Crippen LogP contribution in [-0.4, -0.2) is 50.0 Å². The van der Waals surface area contributed by atoms with E-state index in [4.69, 9.17) is 15.6 Å². The molecule has 0 atom stereocenters. The Bertz CT molecular complexity index is 1280. The van der Waals surface area contributed by atoms with Gasteiger partial charge in [0.1, 0.15) is 29.3 Å². The van der Waals surface area contributed by atoms with Gasteiger partial charge in [-0.05, 0) is 68.5 Å². The number of aliphatic hydroxyl groups is 2. The summed E-state index contributed by atoms with van der Waals surface area (Å²) < 4.78 is 8.15. The number of nitrogens with zero attached hydrogens (tertiary/aromatic N) is 3. The monoisotopic (exact) mass is 487 g/mol. The fourth-order valence-corrected chi connectivity index (χ4v) is 5.05. The third kappa shape index (κ3) is 5.21. The summed E-state index contributed by atoms with van der Waals surface area (Å²) >= 11 is 0. The Morgan fingerprint density at radius 3 is 2.47 bits per heavy atom. The van der Waals surface area contributed by atoms with E-state index >= 15 is 0 Å². The van der Waals surface area contributed by atoms with Crippen molar-refractivity contribution in [2.45, 2.75) is 43.7 Å². The molecule has 0 spiro atoms. The standard InChI is InChI=1S/C28H33N5O3/c29-26-25-24(20-7-9-23(10-8-20)36-22-5-2-1-3-6-22)17-33(27(25)32-19-31-26)21-11-13-28(35,14-12-21)18-30-15-4-16-34/h1-3,5-10,17,19,21,30,34-35H,4,11-16,18H2,(H2,29,31,32). The number of nitrogen functional groups attached to an aromatic ring is 1. The Morgan fingerprint density at radius 2 is 1.75 bits per heavy atom. The number of nitrogens with two attached hydrogens (primary N) is 1. The van der Waals surface area contributed by atoms with Gasteiger partial charge in [-0.1, -0.05) is 30.3 Å². The van der Waals surface area contributed by atoms with Crippen LogP contribution in [0.5, 0.6) is 11.5 Å². The maximum absolute atomic E-state index is 11.0. The molecular formula is C28H33N5O3. The molecule has 2 aromatic heterocycles. The van der Waals surface area contributed by atoms with E-state index in [1.54, 1.807) is 0 Å². The van der Waals surface area contributed by atoms with E-state index in [9.17, 15) is 5.11 Å². The van der Waals surface area contributed by atoms with Crippen LogP contribution in [0.4, 0.5) is 5.82 Å². The topological polar surface area (TPSA) is 118 Å². The average Bonchev–Trinajstić information content (AvgIpc) is 3.29. The summed E-state index contributed by atoms with van der Waals surface area (Å²) in [4.78, 5) is 8.85. The molecule has 1 aliphatic carbocycles. The van der Waals surface area contributed by atoms with E-state index in [-0.39, 0.29) is 12.6 Å². The SMILES string of the molecule is Nc1ncnc2c1c(-c1ccc(Oc3ccccc3)cc1)cn2C1CCC(O)(CNCCCO)CC1. The van der Waals surface area contributed by atoms with Gasteiger partial charge in [0, 0.05) is 31.0 Å². The Kier molecular flexibility index (Phi) is 7.18. The number of fused-ring (bicyclic) bond motifs is 1. The molecule has 0 bridgehead atoms. The fourth-order valence-electron chi connectivity index (χ4n) is 5.05. The number of benzene rings is 2. The van der Waals surface area contributed by atoms with Gasteiger partial charge in [-0.25, -0.2) is 9.97 Å². The van der Waals surface area contributed by atoms with Crippen LogP contribution >= 0.6 is 0 Å². The van der Waals surface area contributed by atoms with Gasteiger partial charge in [-0.15, -0.1) is 0 Å². The largest absolute Gasteiger partial charge is 0.457 e. The summed E-state index contributed by atoms with van der Waals surface area (Å²) in [5, 5.41) is 24.1. The maximum atomic E-state index is 11.0. The average molecular weight is 488 g/mol. The summed E-state index contributed by atoms with van der Waals surface area (Å²) in [6.45, 7) is 1.41. The quantitative estimate of drug-likeness (QED) is 0.260. The van der Waals surface area contributed by atoms with Gasteiger partial charge < -0.3 is 30.6 Å². The minimum absolute atomic E-state index is 0.157. The molecule has 1 fully saturated rings. The maximum Gasteiger partial charge on any atom is 0.146 e. The first-order valence-corrected chi connectivity index (χ1v) is 12.5. The lowest BCUT2D eigenvalue weighted by Gasteiger charge is -2.37. The van der Waals surface area contributed by atoms with Crippen LogP contribution in [0, 0.1) is 0 Å². The van der Waals surface area contributed by atoms with E-state index in [0.29, 0.717) is 38.2 Å². The zero-order valence-electron chi connectivity index (χ0n) is 20.3. The number of nitrogens with one attached hydrogen (secondary N) is 1. The minimum atomic E-state index is -0.722. The number of rotatable bonds is 9. The molecule has 4 aromatic rings. The Morgan fingerprint density at radius 1 is 1.03 bits per heavy atom. The van der Waals surface area contributed by atoms with Crippen LogP contribution in [0.3, 0.4) is 0 Å². The van der Waals surface area contributed by atoms with Crippen molar-refractivity contribution in [1.82, 2.24) is 19.9 Å². The molecule has 2 heterocycles. The number of aliphatic hydroxyl groups excluding tert-OH is 1. The van der Waals surface area contributed by atoms with E-state index in [2.05, 4.69) is 26.0 Å². The van der Waals surface area contributed by atoms with Crippen LogP contribution in [0.2, 0.25) is 0 Å². The highest BCUT2D eigenvalue weighted by molar-refractivity contribution is 6.00. The second kappa shape index (κ2) is 10.7. The Labute approximate surface area is 210 Å². The highest BCUT2D eigenvalue weighted by Crippen LogP contribution is 2.40. The molecule has 8 nitrogen and oxygen atoms in total. The molecule has 2 aromatic carbocycles. The Hall–Kier alpha value is -3.46. The molecule has 1 saturated carbocycles. The lowest BCUT2D eigenvalue weighted by molar-refractivity contribution is -0.00608. The third-order valence-electron chi connectivity index (χ3n) is 7.03. The van der Waals surface area contributed by atoms with E-state index in [1.807, 2.05) is 54.6 Å². The van der Waals surface area contributed by atoms with E-state index in [1.165, 1.54) is 6.33 Å². The number of hydrogen-bond acceptors (Lipinski definition) is 7. The van der Waals surface area contributed by atoms with Gasteiger partial charge in [-0.3, -0.25) is 0 Å². The molecule has 5 N–H and O–H groups in total. The molecule has 5 rings (SSSR count). The lowest BCUT2D eigenvalue weighted by atomic mass is 9.82. The summed E-state index contributed by atoms with van der Waals surface area (Å²) in [5.41, 5.74) is 8.43. The van der Waals surface area contributed by atoms with Gasteiger partial charge >= 0.3 is 0 Å². The van der Waals surface area contributed by atoms with Crippen LogP contribution in [0.25, 0.3) is 22.2 Å². The molecule has 0 saturated heterocycles. The smallest absolute Gasteiger partial charge is 0.146 e. The van der Waals surface area contributed by atoms with E-state index < -0.39 is 5.60 Å². The molecular weight excluding hydrogens is 454 g/mol. The van der Waals surface area contributed by atoms with Gasteiger partial charge in [0.05, 0.1) is 11.0 Å². The second-order valence-corrected chi connectivity index (χ2v) is 9.56. The van der Waals surface area contributed by atoms with Gasteiger partial charge in [0.2, 0.25) is 0 Å². The molecule has 0 aliphatic heterocycles. The molecule has 0 radical (unpaired) electrons. The van der Waals surface area contributed by atoms with Crippen molar-refractivity contribution >= 4 is 16.9 Å². The highest BCUT2D eigenvalue weighted by atomic mass is 16.5. The van der Waals surface area contributed by atoms with Gasteiger partial charge in [-0.2, -0.15) is 0 Å². The molecule has 36 heavy (non-hydrogen) atoms. The Balaban J connectivity index is 1.37. The molecule has 1 aliphatic rings. The summed E-state index contributed by atoms with van der Waals surface area (Å²) in [6.07, 6.45) is 7.41. The zero-order valence-corrected chi connectivity index (χ0v) is 20.3. The van der Waals surface area contributed by atoms with Crippen molar-refractivity contribution in [3.63, 3.8) is 0 Å². The van der Waals surface area contributed by atoms with Gasteiger partial charge in [0.25, 0.3) is 0 Å². The van der Waals surface area contributed by atoms with Crippen LogP contribution in [0.15, 0.2) is 67.1 Å². The predicted octanol–water partition coefficient (Wildman–Crippen LogP) is 4.29. The van der Waals surface area contributed by atoms with E-state index in [0.717, 1.165) is 46.5 Å². The van der Waals surface area contributed by atoms with Crippen molar-refractivity contribution in [2.24, 2.45) is 0 Å². The first kappa shape index (κ1) is 24.2. The normalized spacial score (nSPS) is 20.0. The van der Waals surface area contributed by atoms with Crippen LogP contribution in [-0.2, 0) is 0 Å².